The zero-order valence-electron chi connectivity index (χ0n) is 14.9. The predicted octanol–water partition coefficient (Wildman–Crippen LogP) is 2.60. The van der Waals surface area contributed by atoms with Gasteiger partial charge in [-0.25, -0.2) is 21.5 Å². The van der Waals surface area contributed by atoms with Crippen LogP contribution in [-0.4, -0.2) is 38.0 Å². The van der Waals surface area contributed by atoms with Crippen molar-refractivity contribution in [3.05, 3.63) is 53.8 Å². The third kappa shape index (κ3) is 4.27. The number of nitrogens with two attached hydrogens (primary N) is 1. The van der Waals surface area contributed by atoms with Gasteiger partial charge in [0.2, 0.25) is 11.8 Å². The van der Waals surface area contributed by atoms with Crippen LogP contribution in [0.15, 0.2) is 36.8 Å². The second kappa shape index (κ2) is 7.25. The molecule has 0 atom stereocenters. The minimum Gasteiger partial charge on any atom is -0.469 e. The number of ether oxygens (including phenoxy) is 1. The van der Waals surface area contributed by atoms with Gasteiger partial charge in [0.15, 0.2) is 12.3 Å². The number of fused-ring (bicyclic) bond motifs is 1. The summed E-state index contributed by atoms with van der Waals surface area (Å²) >= 11 is 0. The number of H-pyrrole nitrogens is 1. The summed E-state index contributed by atoms with van der Waals surface area (Å²) in [6.45, 7) is 11.0. The number of carbonyl (C=O) groups excluding carboxylic acids is 1. The van der Waals surface area contributed by atoms with Gasteiger partial charge in [0, 0.05) is 49.5 Å². The van der Waals surface area contributed by atoms with Gasteiger partial charge < -0.3 is 20.3 Å². The van der Waals surface area contributed by atoms with Crippen LogP contribution in [0.2, 0.25) is 0 Å². The number of rotatable bonds is 6. The van der Waals surface area contributed by atoms with E-state index in [0.717, 1.165) is 5.56 Å². The average molecular weight is 362 g/mol. The Morgan fingerprint density at radius 2 is 2.19 bits per heavy atom. The first kappa shape index (κ1) is 18.1. The minimum absolute atomic E-state index is 0.257. The molecule has 0 radical (unpaired) electrons. The second-order valence-electron chi connectivity index (χ2n) is 6.53. The number of nitrogens with one attached hydrogen (secondary N) is 1. The Labute approximate surface area is 155 Å². The lowest BCUT2D eigenvalue weighted by molar-refractivity contribution is -0.113. The standard InChI is InChI=1S/C19H18N6O2/c1-19(2,21-3)11-27-16-7-5-12(8-22-16)14-10-24-18-17(25-14)13(9-23-18)4-6-15(20)26/h4-10H,11H2,1-2H3,(H2,20,26)(H,23,24)/b6-4+. The molecule has 3 rings (SSSR count). The maximum atomic E-state index is 10.9. The Kier molecular flexibility index (Phi) is 4.86. The Hall–Kier alpha value is -3.73. The van der Waals surface area contributed by atoms with Crippen molar-refractivity contribution in [3.8, 4) is 17.1 Å². The van der Waals surface area contributed by atoms with Crippen LogP contribution in [0.25, 0.3) is 33.3 Å². The molecule has 136 valence electrons. The molecule has 0 aliphatic rings. The van der Waals surface area contributed by atoms with Crippen LogP contribution in [-0.2, 0) is 4.79 Å². The van der Waals surface area contributed by atoms with E-state index < -0.39 is 11.4 Å². The summed E-state index contributed by atoms with van der Waals surface area (Å²) in [7, 11) is 0. The molecule has 3 aromatic rings. The van der Waals surface area contributed by atoms with E-state index >= 15 is 0 Å². The molecule has 0 bridgehead atoms. The molecule has 8 nitrogen and oxygen atoms in total. The van der Waals surface area contributed by atoms with Crippen LogP contribution in [0.1, 0.15) is 19.4 Å². The van der Waals surface area contributed by atoms with Crippen molar-refractivity contribution in [2.75, 3.05) is 6.61 Å². The zero-order chi connectivity index (χ0) is 19.4. The molecule has 0 aromatic carbocycles. The molecule has 0 saturated heterocycles. The number of aromatic nitrogens is 4. The number of carbonyl (C=O) groups is 1. The van der Waals surface area contributed by atoms with E-state index in [2.05, 4.69) is 24.8 Å². The Balaban J connectivity index is 1.84. The van der Waals surface area contributed by atoms with Crippen LogP contribution >= 0.6 is 0 Å². The maximum absolute atomic E-state index is 10.9. The highest BCUT2D eigenvalue weighted by Crippen LogP contribution is 2.23. The van der Waals surface area contributed by atoms with Crippen molar-refractivity contribution in [1.82, 2.24) is 19.9 Å². The largest absolute Gasteiger partial charge is 0.469 e. The van der Waals surface area contributed by atoms with E-state index in [0.29, 0.717) is 28.3 Å². The smallest absolute Gasteiger partial charge is 0.260 e. The van der Waals surface area contributed by atoms with Crippen molar-refractivity contribution >= 4 is 23.1 Å². The Morgan fingerprint density at radius 1 is 1.37 bits per heavy atom. The highest BCUT2D eigenvalue weighted by atomic mass is 16.5. The molecule has 0 aliphatic carbocycles. The van der Waals surface area contributed by atoms with Gasteiger partial charge in [-0.1, -0.05) is 0 Å². The lowest BCUT2D eigenvalue weighted by Crippen LogP contribution is -2.24. The summed E-state index contributed by atoms with van der Waals surface area (Å²) in [5, 5.41) is 0. The number of aromatic amines is 1. The quantitative estimate of drug-likeness (QED) is 0.517. The number of amides is 1. The summed E-state index contributed by atoms with van der Waals surface area (Å²) in [5.74, 6) is -0.0918. The van der Waals surface area contributed by atoms with Gasteiger partial charge in [-0.15, -0.1) is 0 Å². The lowest BCUT2D eigenvalue weighted by Gasteiger charge is -2.12. The highest BCUT2D eigenvalue weighted by molar-refractivity contribution is 5.93. The molecular formula is C19H18N6O2. The van der Waals surface area contributed by atoms with Gasteiger partial charge in [-0.3, -0.25) is 4.79 Å². The normalized spacial score (nSPS) is 11.6. The summed E-state index contributed by atoms with van der Waals surface area (Å²) in [6.07, 6.45) is 7.85. The first-order chi connectivity index (χ1) is 12.9. The van der Waals surface area contributed by atoms with Crippen molar-refractivity contribution in [2.24, 2.45) is 5.73 Å². The molecule has 0 unspecified atom stereocenters. The predicted molar refractivity (Wildman–Crippen MR) is 102 cm³/mol. The van der Waals surface area contributed by atoms with Gasteiger partial charge in [0.05, 0.1) is 11.9 Å². The number of hydrogen-bond acceptors (Lipinski definition) is 5. The minimum atomic E-state index is -0.597. The van der Waals surface area contributed by atoms with E-state index in [1.807, 2.05) is 6.07 Å². The Bertz CT molecular complexity index is 1040. The number of nitrogens with zero attached hydrogens (tertiary/aromatic N) is 4. The van der Waals surface area contributed by atoms with E-state index in [4.69, 9.17) is 17.0 Å². The molecular weight excluding hydrogens is 344 g/mol. The fraction of sp³-hybridized carbons (Fsp3) is 0.211. The monoisotopic (exact) mass is 362 g/mol. The molecule has 3 heterocycles. The number of hydrogen-bond donors (Lipinski definition) is 2. The van der Waals surface area contributed by atoms with Gasteiger partial charge in [-0.05, 0) is 12.1 Å². The summed E-state index contributed by atoms with van der Waals surface area (Å²) in [6, 6.07) is 3.56. The van der Waals surface area contributed by atoms with Crippen LogP contribution in [0.5, 0.6) is 5.88 Å². The van der Waals surface area contributed by atoms with Crippen molar-refractivity contribution in [1.29, 1.82) is 0 Å². The molecule has 0 saturated carbocycles. The maximum Gasteiger partial charge on any atom is 0.260 e. The van der Waals surface area contributed by atoms with Gasteiger partial charge >= 0.3 is 0 Å². The van der Waals surface area contributed by atoms with Crippen LogP contribution < -0.4 is 10.5 Å². The number of primary amides is 1. The van der Waals surface area contributed by atoms with E-state index in [1.165, 1.54) is 6.08 Å². The summed E-state index contributed by atoms with van der Waals surface area (Å²) < 4.78 is 5.57. The van der Waals surface area contributed by atoms with Gasteiger partial charge in [0.25, 0.3) is 5.54 Å². The third-order valence-electron chi connectivity index (χ3n) is 3.75. The van der Waals surface area contributed by atoms with Crippen LogP contribution in [0.3, 0.4) is 0 Å². The van der Waals surface area contributed by atoms with E-state index in [-0.39, 0.29) is 6.61 Å². The van der Waals surface area contributed by atoms with Crippen LogP contribution in [0.4, 0.5) is 0 Å². The molecule has 8 heteroatoms. The molecule has 0 fully saturated rings. The third-order valence-corrected chi connectivity index (χ3v) is 3.75. The molecule has 1 amide bonds. The summed E-state index contributed by atoms with van der Waals surface area (Å²) in [5.41, 5.74) is 7.90. The second-order valence-corrected chi connectivity index (χ2v) is 6.53. The Morgan fingerprint density at radius 3 is 2.85 bits per heavy atom. The van der Waals surface area contributed by atoms with Crippen LogP contribution in [0, 0.1) is 6.57 Å². The summed E-state index contributed by atoms with van der Waals surface area (Å²) in [4.78, 5) is 30.6. The SMILES string of the molecule is [C-]#[N+]C(C)(C)COc1ccc(-c2cnc3[nH]cc(/C=C/C(N)=O)c3n2)cn1. The van der Waals surface area contributed by atoms with Gasteiger partial charge in [0.1, 0.15) is 5.52 Å². The zero-order valence-corrected chi connectivity index (χ0v) is 14.9. The van der Waals surface area contributed by atoms with E-state index in [1.54, 1.807) is 44.6 Å². The molecule has 3 N–H and O–H groups in total. The van der Waals surface area contributed by atoms with Crippen molar-refractivity contribution < 1.29 is 9.53 Å². The molecule has 27 heavy (non-hydrogen) atoms. The highest BCUT2D eigenvalue weighted by Gasteiger charge is 2.24. The molecule has 0 aliphatic heterocycles. The molecule has 0 spiro atoms. The number of pyridine rings is 1. The fourth-order valence-corrected chi connectivity index (χ4v) is 2.25. The first-order valence-electron chi connectivity index (χ1n) is 8.17. The fourth-order valence-electron chi connectivity index (χ4n) is 2.25. The average Bonchev–Trinajstić information content (AvgIpc) is 3.07. The molecule has 3 aromatic heterocycles. The topological polar surface area (TPSA) is 111 Å². The van der Waals surface area contributed by atoms with Crippen molar-refractivity contribution in [2.45, 2.75) is 19.4 Å². The van der Waals surface area contributed by atoms with Crippen molar-refractivity contribution in [3.63, 3.8) is 0 Å². The first-order valence-corrected chi connectivity index (χ1v) is 8.17. The van der Waals surface area contributed by atoms with E-state index in [9.17, 15) is 4.79 Å². The van der Waals surface area contributed by atoms with Gasteiger partial charge in [-0.2, -0.15) is 0 Å². The lowest BCUT2D eigenvalue weighted by atomic mass is 10.1.